The Morgan fingerprint density at radius 3 is 2.29 bits per heavy atom. The smallest absolute Gasteiger partial charge is 0.265 e. The molecule has 0 unspecified atom stereocenters. The zero-order chi connectivity index (χ0) is 19.3. The van der Waals surface area contributed by atoms with Crippen molar-refractivity contribution in [1.82, 2.24) is 4.98 Å². The fourth-order valence-electron chi connectivity index (χ4n) is 3.72. The molecule has 0 bridgehead atoms. The summed E-state index contributed by atoms with van der Waals surface area (Å²) in [5.74, 6) is -0.706. The Hall–Kier alpha value is -3.50. The molecule has 0 saturated carbocycles. The summed E-state index contributed by atoms with van der Waals surface area (Å²) >= 11 is 6.07. The summed E-state index contributed by atoms with van der Waals surface area (Å²) in [5.41, 5.74) is 3.32. The number of nitrogens with zero attached hydrogens (tertiary/aromatic N) is 2. The van der Waals surface area contributed by atoms with Gasteiger partial charge in [0, 0.05) is 39.5 Å². The minimum absolute atomic E-state index is 0.353. The second kappa shape index (κ2) is 6.29. The lowest BCUT2D eigenvalue weighted by Gasteiger charge is -2.28. The maximum absolute atomic E-state index is 13.2. The normalized spacial score (nSPS) is 13.2. The molecule has 4 aromatic rings. The summed E-state index contributed by atoms with van der Waals surface area (Å²) in [7, 11) is 0. The number of benzene rings is 3. The van der Waals surface area contributed by atoms with E-state index in [-0.39, 0.29) is 11.8 Å². The molecule has 1 aliphatic rings. The highest BCUT2D eigenvalue weighted by atomic mass is 35.5. The highest BCUT2D eigenvalue weighted by Crippen LogP contribution is 2.37. The average molecular weight is 385 g/mol. The number of rotatable bonds is 2. The van der Waals surface area contributed by atoms with Crippen molar-refractivity contribution in [2.75, 3.05) is 4.90 Å². The first-order valence-corrected chi connectivity index (χ1v) is 9.13. The summed E-state index contributed by atoms with van der Waals surface area (Å²) in [4.78, 5) is 31.8. The average Bonchev–Trinajstić information content (AvgIpc) is 2.72. The van der Waals surface area contributed by atoms with Crippen LogP contribution in [0.3, 0.4) is 0 Å². The minimum atomic E-state index is -0.353. The molecular weight excluding hydrogens is 372 g/mol. The number of halogens is 1. The Bertz CT molecular complexity index is 1250. The van der Waals surface area contributed by atoms with Crippen LogP contribution in [0.5, 0.6) is 0 Å². The molecule has 134 valence electrons. The number of anilines is 1. The predicted molar refractivity (Wildman–Crippen MR) is 110 cm³/mol. The molecule has 4 nitrogen and oxygen atoms in total. The van der Waals surface area contributed by atoms with Gasteiger partial charge in [-0.15, -0.1) is 0 Å². The van der Waals surface area contributed by atoms with Gasteiger partial charge in [0.25, 0.3) is 11.8 Å². The van der Waals surface area contributed by atoms with Crippen molar-refractivity contribution in [2.45, 2.75) is 0 Å². The van der Waals surface area contributed by atoms with Crippen molar-refractivity contribution in [2.24, 2.45) is 0 Å². The lowest BCUT2D eigenvalue weighted by Crippen LogP contribution is -2.40. The number of hydrogen-bond acceptors (Lipinski definition) is 3. The maximum atomic E-state index is 13.2. The Labute approximate surface area is 166 Å². The number of hydrogen-bond donors (Lipinski definition) is 0. The molecule has 1 aliphatic heterocycles. The van der Waals surface area contributed by atoms with Crippen LogP contribution < -0.4 is 4.90 Å². The van der Waals surface area contributed by atoms with E-state index in [4.69, 9.17) is 11.6 Å². The van der Waals surface area contributed by atoms with Crippen molar-refractivity contribution in [3.63, 3.8) is 0 Å². The standard InChI is InChI=1S/C23H13ClN2O2/c24-15-5-1-6-16(12-15)26-22(27)19-8-2-7-18-17(14-4-3-11-25-13-14)9-10-20(21(18)19)23(26)28/h1-13H. The molecule has 5 rings (SSSR count). The number of carbonyl (C=O) groups is 2. The van der Waals surface area contributed by atoms with E-state index in [1.807, 2.05) is 30.3 Å². The SMILES string of the molecule is O=C1c2cccc3c(-c4cccnc4)ccc(c23)C(=O)N1c1cccc(Cl)c1. The molecule has 2 heterocycles. The second-order valence-corrected chi connectivity index (χ2v) is 6.99. The van der Waals surface area contributed by atoms with Gasteiger partial charge in [-0.2, -0.15) is 0 Å². The van der Waals surface area contributed by atoms with E-state index in [9.17, 15) is 9.59 Å². The highest BCUT2D eigenvalue weighted by Gasteiger charge is 2.34. The van der Waals surface area contributed by atoms with Gasteiger partial charge in [0.15, 0.2) is 0 Å². The van der Waals surface area contributed by atoms with Crippen LogP contribution in [-0.2, 0) is 0 Å². The van der Waals surface area contributed by atoms with Crippen molar-refractivity contribution in [3.8, 4) is 11.1 Å². The Kier molecular flexibility index (Phi) is 3.74. The second-order valence-electron chi connectivity index (χ2n) is 6.56. The van der Waals surface area contributed by atoms with Gasteiger partial charge in [0.1, 0.15) is 0 Å². The Morgan fingerprint density at radius 1 is 0.786 bits per heavy atom. The van der Waals surface area contributed by atoms with Gasteiger partial charge in [-0.05, 0) is 47.3 Å². The summed E-state index contributed by atoms with van der Waals surface area (Å²) in [6.07, 6.45) is 3.49. The molecule has 3 aromatic carbocycles. The lowest BCUT2D eigenvalue weighted by atomic mass is 9.89. The first-order chi connectivity index (χ1) is 13.6. The van der Waals surface area contributed by atoms with Gasteiger partial charge in [0.05, 0.1) is 5.69 Å². The highest BCUT2D eigenvalue weighted by molar-refractivity contribution is 6.37. The fraction of sp³-hybridized carbons (Fsp3) is 0. The van der Waals surface area contributed by atoms with Crippen LogP contribution >= 0.6 is 11.6 Å². The van der Waals surface area contributed by atoms with Crippen LogP contribution in [0.1, 0.15) is 20.7 Å². The predicted octanol–water partition coefficient (Wildman–Crippen LogP) is 5.36. The fourth-order valence-corrected chi connectivity index (χ4v) is 3.90. The minimum Gasteiger partial charge on any atom is -0.268 e. The molecule has 0 fully saturated rings. The third kappa shape index (κ3) is 2.42. The number of aromatic nitrogens is 1. The van der Waals surface area contributed by atoms with Gasteiger partial charge in [-0.3, -0.25) is 14.6 Å². The molecule has 1 aromatic heterocycles. The third-order valence-corrected chi connectivity index (χ3v) is 5.18. The quantitative estimate of drug-likeness (QED) is 0.437. The van der Waals surface area contributed by atoms with E-state index in [0.717, 1.165) is 16.5 Å². The molecule has 0 spiro atoms. The summed E-state index contributed by atoms with van der Waals surface area (Å²) in [6.45, 7) is 0. The monoisotopic (exact) mass is 384 g/mol. The van der Waals surface area contributed by atoms with Crippen molar-refractivity contribution in [1.29, 1.82) is 0 Å². The van der Waals surface area contributed by atoms with E-state index < -0.39 is 0 Å². The van der Waals surface area contributed by atoms with Gasteiger partial charge >= 0.3 is 0 Å². The van der Waals surface area contributed by atoms with Gasteiger partial charge in [-0.25, -0.2) is 4.90 Å². The molecule has 0 radical (unpaired) electrons. The zero-order valence-electron chi connectivity index (χ0n) is 14.6. The van der Waals surface area contributed by atoms with E-state index >= 15 is 0 Å². The van der Waals surface area contributed by atoms with Gasteiger partial charge in [0.2, 0.25) is 0 Å². The van der Waals surface area contributed by atoms with E-state index in [1.165, 1.54) is 4.90 Å². The largest absolute Gasteiger partial charge is 0.268 e. The lowest BCUT2D eigenvalue weighted by molar-refractivity contribution is 0.0893. The van der Waals surface area contributed by atoms with E-state index in [2.05, 4.69) is 4.98 Å². The number of pyridine rings is 1. The number of carbonyl (C=O) groups excluding carboxylic acids is 2. The first kappa shape index (κ1) is 16.7. The summed E-state index contributed by atoms with van der Waals surface area (Å²) in [6, 6.07) is 19.8. The third-order valence-electron chi connectivity index (χ3n) is 4.95. The Morgan fingerprint density at radius 2 is 1.54 bits per heavy atom. The first-order valence-electron chi connectivity index (χ1n) is 8.75. The number of amides is 2. The van der Waals surface area contributed by atoms with Gasteiger partial charge < -0.3 is 0 Å². The maximum Gasteiger partial charge on any atom is 0.265 e. The van der Waals surface area contributed by atoms with Crippen molar-refractivity contribution >= 4 is 39.9 Å². The summed E-state index contributed by atoms with van der Waals surface area (Å²) in [5, 5.41) is 2.00. The molecule has 0 N–H and O–H groups in total. The molecular formula is C23H13ClN2O2. The molecule has 0 aliphatic carbocycles. The summed E-state index contributed by atoms with van der Waals surface area (Å²) < 4.78 is 0. The van der Waals surface area contributed by atoms with Crippen LogP contribution in [0, 0.1) is 0 Å². The zero-order valence-corrected chi connectivity index (χ0v) is 15.4. The van der Waals surface area contributed by atoms with Crippen LogP contribution in [-0.4, -0.2) is 16.8 Å². The molecule has 2 amide bonds. The Balaban J connectivity index is 1.76. The molecule has 0 saturated heterocycles. The van der Waals surface area contributed by atoms with Crippen molar-refractivity contribution < 1.29 is 9.59 Å². The topological polar surface area (TPSA) is 50.3 Å². The van der Waals surface area contributed by atoms with E-state index in [1.54, 1.807) is 48.8 Å². The van der Waals surface area contributed by atoms with E-state index in [0.29, 0.717) is 27.2 Å². The van der Waals surface area contributed by atoms with Crippen LogP contribution in [0.25, 0.3) is 21.9 Å². The van der Waals surface area contributed by atoms with Crippen LogP contribution in [0.15, 0.2) is 79.1 Å². The molecule has 28 heavy (non-hydrogen) atoms. The number of imide groups is 1. The van der Waals surface area contributed by atoms with Crippen LogP contribution in [0.4, 0.5) is 5.69 Å². The van der Waals surface area contributed by atoms with Crippen LogP contribution in [0.2, 0.25) is 5.02 Å². The van der Waals surface area contributed by atoms with Crippen molar-refractivity contribution in [3.05, 3.63) is 95.3 Å². The molecule has 0 atom stereocenters. The van der Waals surface area contributed by atoms with Gasteiger partial charge in [-0.1, -0.05) is 41.9 Å². The molecule has 5 heteroatoms.